The molecule has 1 aromatic carbocycles. The second-order valence-corrected chi connectivity index (χ2v) is 5.77. The topological polar surface area (TPSA) is 26.3 Å². The molecule has 0 saturated carbocycles. The fourth-order valence-corrected chi connectivity index (χ4v) is 1.84. The molecule has 0 radical (unpaired) electrons. The molecule has 0 fully saturated rings. The van der Waals surface area contributed by atoms with Gasteiger partial charge in [0.2, 0.25) is 0 Å². The molecule has 1 aromatic rings. The van der Waals surface area contributed by atoms with Gasteiger partial charge in [-0.2, -0.15) is 0 Å². The number of carbonyl (C=O) groups excluding carboxylic acids is 1. The molecule has 0 heterocycles. The minimum Gasteiger partial charge on any atom is -0.456 e. The number of rotatable bonds is 1. The van der Waals surface area contributed by atoms with Gasteiger partial charge in [-0.1, -0.05) is 27.5 Å². The highest BCUT2D eigenvalue weighted by Gasteiger charge is 2.21. The summed E-state index contributed by atoms with van der Waals surface area (Å²) >= 11 is 9.45. The van der Waals surface area contributed by atoms with Crippen molar-refractivity contribution < 1.29 is 9.53 Å². The molecule has 88 valence electrons. The van der Waals surface area contributed by atoms with E-state index in [1.165, 1.54) is 0 Å². The van der Waals surface area contributed by atoms with Crippen LogP contribution in [0.2, 0.25) is 5.02 Å². The molecule has 0 amide bonds. The van der Waals surface area contributed by atoms with E-state index in [4.69, 9.17) is 16.3 Å². The zero-order chi connectivity index (χ0) is 12.5. The van der Waals surface area contributed by atoms with Gasteiger partial charge in [0.05, 0.1) is 10.6 Å². The van der Waals surface area contributed by atoms with Crippen molar-refractivity contribution in [2.75, 3.05) is 0 Å². The SMILES string of the molecule is Cc1c(Br)ccc(C(=O)OC(C)(C)C)c1Cl. The monoisotopic (exact) mass is 304 g/mol. The summed E-state index contributed by atoms with van der Waals surface area (Å²) in [6, 6.07) is 3.45. The Kier molecular flexibility index (Phi) is 4.02. The van der Waals surface area contributed by atoms with Gasteiger partial charge in [0, 0.05) is 4.47 Å². The van der Waals surface area contributed by atoms with Gasteiger partial charge < -0.3 is 4.74 Å². The summed E-state index contributed by atoms with van der Waals surface area (Å²) in [6.07, 6.45) is 0. The van der Waals surface area contributed by atoms with Gasteiger partial charge in [-0.3, -0.25) is 0 Å². The maximum atomic E-state index is 11.8. The van der Waals surface area contributed by atoms with Crippen LogP contribution >= 0.6 is 27.5 Å². The fourth-order valence-electron chi connectivity index (χ4n) is 1.15. The van der Waals surface area contributed by atoms with E-state index in [1.807, 2.05) is 27.7 Å². The third-order valence-corrected chi connectivity index (χ3v) is 3.29. The van der Waals surface area contributed by atoms with Crippen LogP contribution in [0.15, 0.2) is 16.6 Å². The Labute approximate surface area is 109 Å². The summed E-state index contributed by atoms with van der Waals surface area (Å²) in [6.45, 7) is 7.32. The van der Waals surface area contributed by atoms with Crippen LogP contribution in [0, 0.1) is 6.92 Å². The summed E-state index contributed by atoms with van der Waals surface area (Å²) in [5.41, 5.74) is 0.726. The molecule has 0 spiro atoms. The predicted molar refractivity (Wildman–Crippen MR) is 69.1 cm³/mol. The first kappa shape index (κ1) is 13.5. The van der Waals surface area contributed by atoms with Crippen molar-refractivity contribution >= 4 is 33.5 Å². The molecule has 0 bridgehead atoms. The molecule has 0 saturated heterocycles. The Morgan fingerprint density at radius 2 is 1.94 bits per heavy atom. The Morgan fingerprint density at radius 3 is 2.44 bits per heavy atom. The van der Waals surface area contributed by atoms with Crippen molar-refractivity contribution in [3.05, 3.63) is 32.8 Å². The van der Waals surface area contributed by atoms with E-state index in [0.29, 0.717) is 10.6 Å². The predicted octanol–water partition coefficient (Wildman–Crippen LogP) is 4.37. The van der Waals surface area contributed by atoms with Crippen LogP contribution in [0.3, 0.4) is 0 Å². The van der Waals surface area contributed by atoms with E-state index in [2.05, 4.69) is 15.9 Å². The number of halogens is 2. The number of benzene rings is 1. The Bertz CT molecular complexity index is 422. The summed E-state index contributed by atoms with van der Waals surface area (Å²) < 4.78 is 6.14. The van der Waals surface area contributed by atoms with E-state index in [9.17, 15) is 4.79 Å². The third-order valence-electron chi connectivity index (χ3n) is 1.94. The highest BCUT2D eigenvalue weighted by Crippen LogP contribution is 2.28. The van der Waals surface area contributed by atoms with Gasteiger partial charge in [-0.25, -0.2) is 4.79 Å². The molecule has 0 unspecified atom stereocenters. The number of ether oxygens (including phenoxy) is 1. The van der Waals surface area contributed by atoms with Gasteiger partial charge in [0.15, 0.2) is 0 Å². The van der Waals surface area contributed by atoms with Gasteiger partial charge >= 0.3 is 5.97 Å². The van der Waals surface area contributed by atoms with Crippen LogP contribution in [0.4, 0.5) is 0 Å². The standard InChI is InChI=1S/C12H14BrClO2/c1-7-9(13)6-5-8(10(7)14)11(15)16-12(2,3)4/h5-6H,1-4H3. The smallest absolute Gasteiger partial charge is 0.340 e. The number of hydrogen-bond acceptors (Lipinski definition) is 2. The van der Waals surface area contributed by atoms with E-state index in [-0.39, 0.29) is 0 Å². The maximum Gasteiger partial charge on any atom is 0.340 e. The molecule has 0 aromatic heterocycles. The minimum absolute atomic E-state index is 0.395. The molecule has 4 heteroatoms. The van der Waals surface area contributed by atoms with Gasteiger partial charge in [0.25, 0.3) is 0 Å². The Hall–Kier alpha value is -0.540. The first-order valence-electron chi connectivity index (χ1n) is 4.90. The largest absolute Gasteiger partial charge is 0.456 e. The molecule has 0 aliphatic heterocycles. The third kappa shape index (κ3) is 3.22. The van der Waals surface area contributed by atoms with Crippen molar-refractivity contribution in [2.45, 2.75) is 33.3 Å². The lowest BCUT2D eigenvalue weighted by molar-refractivity contribution is 0.00696. The molecule has 2 nitrogen and oxygen atoms in total. The van der Waals surface area contributed by atoms with E-state index in [1.54, 1.807) is 12.1 Å². The second-order valence-electron chi connectivity index (χ2n) is 4.54. The zero-order valence-corrected chi connectivity index (χ0v) is 12.1. The highest BCUT2D eigenvalue weighted by molar-refractivity contribution is 9.10. The van der Waals surface area contributed by atoms with Crippen molar-refractivity contribution in [1.29, 1.82) is 0 Å². The maximum absolute atomic E-state index is 11.8. The van der Waals surface area contributed by atoms with Crippen LogP contribution < -0.4 is 0 Å². The summed E-state index contributed by atoms with van der Waals surface area (Å²) in [5, 5.41) is 0.434. The Morgan fingerprint density at radius 1 is 1.38 bits per heavy atom. The van der Waals surface area contributed by atoms with Crippen LogP contribution in [-0.4, -0.2) is 11.6 Å². The quantitative estimate of drug-likeness (QED) is 0.720. The molecule has 0 aliphatic rings. The van der Waals surface area contributed by atoms with Crippen LogP contribution in [0.1, 0.15) is 36.7 Å². The van der Waals surface area contributed by atoms with E-state index >= 15 is 0 Å². The number of esters is 1. The minimum atomic E-state index is -0.513. The summed E-state index contributed by atoms with van der Waals surface area (Å²) in [4.78, 5) is 11.8. The second kappa shape index (κ2) is 4.76. The lowest BCUT2D eigenvalue weighted by Gasteiger charge is -2.20. The molecule has 0 aliphatic carbocycles. The van der Waals surface area contributed by atoms with Crippen molar-refractivity contribution in [1.82, 2.24) is 0 Å². The lowest BCUT2D eigenvalue weighted by atomic mass is 10.1. The van der Waals surface area contributed by atoms with Crippen LogP contribution in [0.25, 0.3) is 0 Å². The zero-order valence-electron chi connectivity index (χ0n) is 9.73. The normalized spacial score (nSPS) is 11.4. The molecule has 16 heavy (non-hydrogen) atoms. The van der Waals surface area contributed by atoms with Crippen molar-refractivity contribution in [3.63, 3.8) is 0 Å². The first-order chi connectivity index (χ1) is 7.22. The lowest BCUT2D eigenvalue weighted by Crippen LogP contribution is -2.24. The van der Waals surface area contributed by atoms with Gasteiger partial charge in [-0.15, -0.1) is 0 Å². The molecular formula is C12H14BrClO2. The Balaban J connectivity index is 3.06. The highest BCUT2D eigenvalue weighted by atomic mass is 79.9. The van der Waals surface area contributed by atoms with E-state index in [0.717, 1.165) is 10.0 Å². The van der Waals surface area contributed by atoms with Crippen molar-refractivity contribution in [3.8, 4) is 0 Å². The summed E-state index contributed by atoms with van der Waals surface area (Å²) in [7, 11) is 0. The van der Waals surface area contributed by atoms with Gasteiger partial charge in [-0.05, 0) is 45.4 Å². The molecular weight excluding hydrogens is 291 g/mol. The van der Waals surface area contributed by atoms with Crippen molar-refractivity contribution in [2.24, 2.45) is 0 Å². The molecule has 1 rings (SSSR count). The number of carbonyl (C=O) groups is 1. The molecule has 0 atom stereocenters. The number of hydrogen-bond donors (Lipinski definition) is 0. The van der Waals surface area contributed by atoms with E-state index < -0.39 is 11.6 Å². The average Bonchev–Trinajstić information content (AvgIpc) is 2.11. The van der Waals surface area contributed by atoms with Gasteiger partial charge in [0.1, 0.15) is 5.60 Å². The first-order valence-corrected chi connectivity index (χ1v) is 6.07. The fraction of sp³-hybridized carbons (Fsp3) is 0.417. The van der Waals surface area contributed by atoms with Crippen LogP contribution in [0.5, 0.6) is 0 Å². The average molecular weight is 306 g/mol. The molecule has 0 N–H and O–H groups in total. The summed E-state index contributed by atoms with van der Waals surface area (Å²) in [5.74, 6) is -0.395. The van der Waals surface area contributed by atoms with Crippen LogP contribution in [-0.2, 0) is 4.74 Å².